The van der Waals surface area contributed by atoms with Crippen LogP contribution in [0.2, 0.25) is 10.0 Å². The van der Waals surface area contributed by atoms with Crippen LogP contribution in [-0.4, -0.2) is 26.8 Å². The molecule has 0 radical (unpaired) electrons. The topological polar surface area (TPSA) is 40.5 Å². The zero-order valence-electron chi connectivity index (χ0n) is 10.1. The Hall–Kier alpha value is -1.01. The number of halogens is 2. The summed E-state index contributed by atoms with van der Waals surface area (Å²) in [6.45, 7) is 3.93. The molecule has 1 saturated heterocycles. The number of hydrogen-bond donors (Lipinski definition) is 1. The number of nitrogens with zero attached hydrogens (tertiary/aromatic N) is 1. The number of thioether (sulfide) groups is 1. The molecule has 0 bridgehead atoms. The molecule has 1 fully saturated rings. The number of carbonyl (C=O) groups is 1. The van der Waals surface area contributed by atoms with Crippen molar-refractivity contribution in [2.75, 3.05) is 6.54 Å². The molecule has 0 spiro atoms. The molecule has 7 heteroatoms. The largest absolute Gasteiger partial charge is 0.506 e. The maximum atomic E-state index is 12.1. The second-order valence-corrected chi connectivity index (χ2v) is 6.43. The SMILES string of the molecule is C=CCN1C(=O)C(=Cc2cc(Cl)cc(Cl)c2O)SC1=S. The molecule has 1 aromatic rings. The second-order valence-electron chi connectivity index (χ2n) is 3.91. The Bertz CT molecular complexity index is 644. The van der Waals surface area contributed by atoms with Gasteiger partial charge in [-0.1, -0.05) is 53.3 Å². The van der Waals surface area contributed by atoms with E-state index in [-0.39, 0.29) is 16.7 Å². The van der Waals surface area contributed by atoms with Gasteiger partial charge in [0.1, 0.15) is 10.1 Å². The van der Waals surface area contributed by atoms with E-state index in [4.69, 9.17) is 35.4 Å². The van der Waals surface area contributed by atoms with E-state index in [0.29, 0.717) is 26.4 Å². The molecular formula is C13H9Cl2NO2S2. The summed E-state index contributed by atoms with van der Waals surface area (Å²) in [5, 5.41) is 10.4. The summed E-state index contributed by atoms with van der Waals surface area (Å²) >= 11 is 18.0. The van der Waals surface area contributed by atoms with Gasteiger partial charge in [0.2, 0.25) is 0 Å². The molecule has 0 unspecified atom stereocenters. The van der Waals surface area contributed by atoms with Gasteiger partial charge in [-0.15, -0.1) is 6.58 Å². The van der Waals surface area contributed by atoms with Crippen molar-refractivity contribution >= 4 is 63.5 Å². The van der Waals surface area contributed by atoms with Gasteiger partial charge in [-0.25, -0.2) is 0 Å². The van der Waals surface area contributed by atoms with Crippen LogP contribution < -0.4 is 0 Å². The fourth-order valence-electron chi connectivity index (χ4n) is 1.62. The van der Waals surface area contributed by atoms with Crippen molar-refractivity contribution in [3.63, 3.8) is 0 Å². The van der Waals surface area contributed by atoms with E-state index < -0.39 is 0 Å². The molecule has 0 aromatic heterocycles. The lowest BCUT2D eigenvalue weighted by atomic mass is 10.2. The molecule has 0 saturated carbocycles. The van der Waals surface area contributed by atoms with Gasteiger partial charge in [0.15, 0.2) is 0 Å². The number of rotatable bonds is 3. The van der Waals surface area contributed by atoms with Gasteiger partial charge in [-0.2, -0.15) is 0 Å². The predicted molar refractivity (Wildman–Crippen MR) is 88.2 cm³/mol. The van der Waals surface area contributed by atoms with Crippen molar-refractivity contribution in [1.29, 1.82) is 0 Å². The first kappa shape index (κ1) is 15.4. The lowest BCUT2D eigenvalue weighted by Gasteiger charge is -2.10. The third kappa shape index (κ3) is 3.01. The standard InChI is InChI=1S/C13H9Cl2NO2S2/c1-2-3-16-12(18)10(20-13(16)19)5-7-4-8(14)6-9(15)11(7)17/h2,4-6,17H,1,3H2. The van der Waals surface area contributed by atoms with E-state index in [2.05, 4.69) is 6.58 Å². The van der Waals surface area contributed by atoms with E-state index in [1.54, 1.807) is 6.08 Å². The van der Waals surface area contributed by atoms with Gasteiger partial charge < -0.3 is 5.11 Å². The van der Waals surface area contributed by atoms with Crippen LogP contribution in [0.4, 0.5) is 0 Å². The molecule has 2 rings (SSSR count). The summed E-state index contributed by atoms with van der Waals surface area (Å²) in [4.78, 5) is 14.0. The fourth-order valence-corrected chi connectivity index (χ4v) is 3.40. The highest BCUT2D eigenvalue weighted by atomic mass is 35.5. The molecular weight excluding hydrogens is 337 g/mol. The molecule has 1 amide bonds. The molecule has 1 heterocycles. The predicted octanol–water partition coefficient (Wildman–Crippen LogP) is 4.09. The van der Waals surface area contributed by atoms with Gasteiger partial charge in [-0.3, -0.25) is 9.69 Å². The summed E-state index contributed by atoms with van der Waals surface area (Å²) in [5.74, 6) is -0.347. The van der Waals surface area contributed by atoms with Gasteiger partial charge in [0, 0.05) is 17.1 Å². The van der Waals surface area contributed by atoms with Crippen LogP contribution >= 0.6 is 47.2 Å². The average molecular weight is 346 g/mol. The molecule has 3 nitrogen and oxygen atoms in total. The van der Waals surface area contributed by atoms with E-state index in [0.717, 1.165) is 11.8 Å². The van der Waals surface area contributed by atoms with E-state index in [1.165, 1.54) is 23.1 Å². The van der Waals surface area contributed by atoms with Crippen molar-refractivity contribution in [3.8, 4) is 5.75 Å². The van der Waals surface area contributed by atoms with Crippen molar-refractivity contribution in [3.05, 3.63) is 45.3 Å². The molecule has 1 aliphatic rings. The Labute approximate surface area is 135 Å². The van der Waals surface area contributed by atoms with Crippen molar-refractivity contribution in [2.45, 2.75) is 0 Å². The molecule has 0 atom stereocenters. The summed E-state index contributed by atoms with van der Waals surface area (Å²) in [7, 11) is 0. The number of phenols is 1. The smallest absolute Gasteiger partial charge is 0.266 e. The van der Waals surface area contributed by atoms with Crippen LogP contribution in [0, 0.1) is 0 Å². The minimum atomic E-state index is -0.226. The number of benzene rings is 1. The third-order valence-electron chi connectivity index (χ3n) is 2.53. The zero-order valence-corrected chi connectivity index (χ0v) is 13.2. The first-order valence-electron chi connectivity index (χ1n) is 5.48. The van der Waals surface area contributed by atoms with Crippen molar-refractivity contribution in [1.82, 2.24) is 4.90 Å². The molecule has 1 N–H and O–H groups in total. The van der Waals surface area contributed by atoms with E-state index in [9.17, 15) is 9.90 Å². The minimum absolute atomic E-state index is 0.120. The van der Waals surface area contributed by atoms with Gasteiger partial charge in [0.25, 0.3) is 5.91 Å². The quantitative estimate of drug-likeness (QED) is 0.509. The van der Waals surface area contributed by atoms with Gasteiger partial charge in [-0.05, 0) is 18.2 Å². The molecule has 20 heavy (non-hydrogen) atoms. The van der Waals surface area contributed by atoms with Crippen molar-refractivity contribution < 1.29 is 9.90 Å². The Morgan fingerprint density at radius 1 is 1.45 bits per heavy atom. The summed E-state index contributed by atoms with van der Waals surface area (Å²) in [5.41, 5.74) is 0.376. The third-order valence-corrected chi connectivity index (χ3v) is 4.41. The van der Waals surface area contributed by atoms with Crippen LogP contribution in [0.3, 0.4) is 0 Å². The van der Waals surface area contributed by atoms with Gasteiger partial charge in [0.05, 0.1) is 9.93 Å². The number of phenolic OH excluding ortho intramolecular Hbond substituents is 1. The Kier molecular flexibility index (Phi) is 4.75. The fraction of sp³-hybridized carbons (Fsp3) is 0.0769. The summed E-state index contributed by atoms with van der Waals surface area (Å²) in [6, 6.07) is 2.96. The maximum Gasteiger partial charge on any atom is 0.266 e. The number of carbonyl (C=O) groups excluding carboxylic acids is 1. The lowest BCUT2D eigenvalue weighted by molar-refractivity contribution is -0.121. The Balaban J connectivity index is 2.40. The van der Waals surface area contributed by atoms with Gasteiger partial charge >= 0.3 is 0 Å². The van der Waals surface area contributed by atoms with Crippen LogP contribution in [0.25, 0.3) is 6.08 Å². The first-order chi connectivity index (χ1) is 9.43. The van der Waals surface area contributed by atoms with Crippen LogP contribution in [0.15, 0.2) is 29.7 Å². The van der Waals surface area contributed by atoms with Crippen LogP contribution in [0.5, 0.6) is 5.75 Å². The Morgan fingerprint density at radius 2 is 2.15 bits per heavy atom. The number of hydrogen-bond acceptors (Lipinski definition) is 4. The molecule has 0 aliphatic carbocycles. The van der Waals surface area contributed by atoms with Crippen LogP contribution in [-0.2, 0) is 4.79 Å². The monoisotopic (exact) mass is 345 g/mol. The Morgan fingerprint density at radius 3 is 2.80 bits per heavy atom. The number of aromatic hydroxyl groups is 1. The second kappa shape index (κ2) is 6.18. The highest BCUT2D eigenvalue weighted by molar-refractivity contribution is 8.26. The van der Waals surface area contributed by atoms with E-state index in [1.807, 2.05) is 0 Å². The zero-order chi connectivity index (χ0) is 14.9. The number of thiocarbonyl (C=S) groups is 1. The minimum Gasteiger partial charge on any atom is -0.506 e. The highest BCUT2D eigenvalue weighted by Gasteiger charge is 2.31. The first-order valence-corrected chi connectivity index (χ1v) is 7.46. The molecule has 1 aromatic carbocycles. The summed E-state index contributed by atoms with van der Waals surface area (Å²) < 4.78 is 0.453. The molecule has 1 aliphatic heterocycles. The normalized spacial score (nSPS) is 17.1. The van der Waals surface area contributed by atoms with Crippen LogP contribution in [0.1, 0.15) is 5.56 Å². The maximum absolute atomic E-state index is 12.1. The van der Waals surface area contributed by atoms with Crippen molar-refractivity contribution in [2.24, 2.45) is 0 Å². The van der Waals surface area contributed by atoms with E-state index >= 15 is 0 Å². The number of amides is 1. The lowest BCUT2D eigenvalue weighted by Crippen LogP contribution is -2.27. The summed E-state index contributed by atoms with van der Waals surface area (Å²) in [6.07, 6.45) is 3.12. The highest BCUT2D eigenvalue weighted by Crippen LogP contribution is 2.37. The molecule has 104 valence electrons. The average Bonchev–Trinajstić information content (AvgIpc) is 2.63.